The quantitative estimate of drug-likeness (QED) is 0.823. The van der Waals surface area contributed by atoms with Crippen LogP contribution in [0.3, 0.4) is 0 Å². The Kier molecular flexibility index (Phi) is 5.32. The zero-order valence-corrected chi connectivity index (χ0v) is 15.4. The highest BCUT2D eigenvalue weighted by Crippen LogP contribution is 2.24. The fraction of sp³-hybridized carbons (Fsp3) is 0.500. The monoisotopic (exact) mass is 353 g/mol. The van der Waals surface area contributed by atoms with Gasteiger partial charge in [0, 0.05) is 58.1 Å². The van der Waals surface area contributed by atoms with Gasteiger partial charge in [-0.05, 0) is 25.0 Å². The number of nitrogens with zero attached hydrogens (tertiary/aromatic N) is 5. The largest absolute Gasteiger partial charge is 0.377 e. The van der Waals surface area contributed by atoms with Crippen molar-refractivity contribution in [1.29, 1.82) is 0 Å². The number of rotatable bonds is 5. The van der Waals surface area contributed by atoms with Crippen molar-refractivity contribution in [2.24, 2.45) is 0 Å². The molecule has 2 aliphatic rings. The predicted molar refractivity (Wildman–Crippen MR) is 104 cm³/mol. The Hall–Kier alpha value is -2.18. The van der Waals surface area contributed by atoms with Crippen LogP contribution in [0.25, 0.3) is 0 Å². The van der Waals surface area contributed by atoms with Crippen molar-refractivity contribution in [3.63, 3.8) is 0 Å². The van der Waals surface area contributed by atoms with E-state index in [2.05, 4.69) is 42.9 Å². The van der Waals surface area contributed by atoms with E-state index in [1.165, 1.54) is 12.8 Å². The van der Waals surface area contributed by atoms with Gasteiger partial charge in [0.2, 0.25) is 0 Å². The first kappa shape index (κ1) is 17.2. The van der Waals surface area contributed by atoms with Crippen molar-refractivity contribution in [1.82, 2.24) is 14.9 Å². The molecule has 2 aromatic rings. The number of benzene rings is 1. The summed E-state index contributed by atoms with van der Waals surface area (Å²) in [5.41, 5.74) is 1.12. The molecule has 2 fully saturated rings. The van der Waals surface area contributed by atoms with Crippen molar-refractivity contribution >= 4 is 17.3 Å². The average Bonchev–Trinajstić information content (AvgIpc) is 3.22. The number of ether oxygens (including phenoxy) is 1. The summed E-state index contributed by atoms with van der Waals surface area (Å²) < 4.78 is 5.77. The lowest BCUT2D eigenvalue weighted by molar-refractivity contribution is 0.0712. The Morgan fingerprint density at radius 3 is 2.65 bits per heavy atom. The van der Waals surface area contributed by atoms with Crippen LogP contribution in [0.1, 0.15) is 12.8 Å². The molecule has 0 saturated carbocycles. The average molecular weight is 353 g/mol. The first-order valence-electron chi connectivity index (χ1n) is 9.49. The molecule has 1 aromatic heterocycles. The van der Waals surface area contributed by atoms with Crippen LogP contribution >= 0.6 is 0 Å². The topological polar surface area (TPSA) is 44.7 Å². The maximum atomic E-state index is 5.77. The Bertz CT molecular complexity index is 696. The second-order valence-corrected chi connectivity index (χ2v) is 7.05. The summed E-state index contributed by atoms with van der Waals surface area (Å²) in [7, 11) is 2.04. The molecular formula is C20H27N5O. The van der Waals surface area contributed by atoms with Crippen LogP contribution in [-0.4, -0.2) is 67.4 Å². The van der Waals surface area contributed by atoms with Crippen molar-refractivity contribution in [3.8, 4) is 0 Å². The van der Waals surface area contributed by atoms with E-state index in [1.54, 1.807) is 6.33 Å². The molecule has 6 heteroatoms. The first-order chi connectivity index (χ1) is 12.8. The molecule has 0 radical (unpaired) electrons. The van der Waals surface area contributed by atoms with Gasteiger partial charge in [-0.15, -0.1) is 0 Å². The number of hydrogen-bond donors (Lipinski definition) is 0. The number of para-hydroxylation sites is 1. The van der Waals surface area contributed by atoms with Crippen molar-refractivity contribution < 1.29 is 4.74 Å². The fourth-order valence-corrected chi connectivity index (χ4v) is 3.71. The van der Waals surface area contributed by atoms with E-state index in [0.29, 0.717) is 6.10 Å². The first-order valence-corrected chi connectivity index (χ1v) is 9.49. The van der Waals surface area contributed by atoms with Crippen LogP contribution in [0.5, 0.6) is 0 Å². The minimum absolute atomic E-state index is 0.437. The predicted octanol–water partition coefficient (Wildman–Crippen LogP) is 2.55. The smallest absolute Gasteiger partial charge is 0.138 e. The second kappa shape index (κ2) is 8.01. The Morgan fingerprint density at radius 1 is 1.12 bits per heavy atom. The maximum absolute atomic E-state index is 5.77. The minimum Gasteiger partial charge on any atom is -0.377 e. The van der Waals surface area contributed by atoms with Gasteiger partial charge in [0.1, 0.15) is 18.0 Å². The molecule has 3 heterocycles. The third-order valence-corrected chi connectivity index (χ3v) is 5.31. The molecular weight excluding hydrogens is 326 g/mol. The van der Waals surface area contributed by atoms with Gasteiger partial charge in [0.15, 0.2) is 0 Å². The number of aromatic nitrogens is 2. The van der Waals surface area contributed by atoms with E-state index in [4.69, 9.17) is 4.74 Å². The lowest BCUT2D eigenvalue weighted by Gasteiger charge is -2.36. The van der Waals surface area contributed by atoms with Gasteiger partial charge in [-0.3, -0.25) is 4.90 Å². The number of anilines is 3. The van der Waals surface area contributed by atoms with Gasteiger partial charge < -0.3 is 14.5 Å². The molecule has 1 atom stereocenters. The van der Waals surface area contributed by atoms with Crippen LogP contribution in [0.15, 0.2) is 42.7 Å². The summed E-state index contributed by atoms with van der Waals surface area (Å²) in [6.07, 6.45) is 4.53. The zero-order chi connectivity index (χ0) is 17.8. The molecule has 0 amide bonds. The van der Waals surface area contributed by atoms with Crippen LogP contribution in [-0.2, 0) is 4.74 Å². The molecule has 0 bridgehead atoms. The fourth-order valence-electron chi connectivity index (χ4n) is 3.71. The molecule has 138 valence electrons. The Labute approximate surface area is 155 Å². The van der Waals surface area contributed by atoms with Gasteiger partial charge in [0.25, 0.3) is 0 Å². The van der Waals surface area contributed by atoms with E-state index in [9.17, 15) is 0 Å². The Balaban J connectivity index is 1.38. The summed E-state index contributed by atoms with van der Waals surface area (Å²) in [5.74, 6) is 1.93. The van der Waals surface area contributed by atoms with E-state index in [-0.39, 0.29) is 0 Å². The third kappa shape index (κ3) is 3.97. The van der Waals surface area contributed by atoms with Gasteiger partial charge in [-0.1, -0.05) is 18.2 Å². The molecule has 0 aliphatic carbocycles. The highest BCUT2D eigenvalue weighted by molar-refractivity contribution is 5.61. The summed E-state index contributed by atoms with van der Waals surface area (Å²) in [5, 5.41) is 0. The summed E-state index contributed by atoms with van der Waals surface area (Å²) >= 11 is 0. The van der Waals surface area contributed by atoms with E-state index in [0.717, 1.165) is 56.7 Å². The zero-order valence-electron chi connectivity index (χ0n) is 15.4. The van der Waals surface area contributed by atoms with Crippen LogP contribution in [0, 0.1) is 0 Å². The van der Waals surface area contributed by atoms with Crippen LogP contribution in [0.4, 0.5) is 17.3 Å². The minimum atomic E-state index is 0.437. The highest BCUT2D eigenvalue weighted by Gasteiger charge is 2.23. The molecule has 2 saturated heterocycles. The summed E-state index contributed by atoms with van der Waals surface area (Å²) in [6.45, 7) is 6.13. The third-order valence-electron chi connectivity index (χ3n) is 5.31. The van der Waals surface area contributed by atoms with Gasteiger partial charge in [0.05, 0.1) is 6.10 Å². The van der Waals surface area contributed by atoms with Crippen molar-refractivity contribution in [3.05, 3.63) is 42.7 Å². The van der Waals surface area contributed by atoms with Crippen LogP contribution < -0.4 is 9.80 Å². The molecule has 1 aromatic carbocycles. The van der Waals surface area contributed by atoms with Crippen molar-refractivity contribution in [2.75, 3.05) is 56.2 Å². The molecule has 2 aliphatic heterocycles. The van der Waals surface area contributed by atoms with Gasteiger partial charge >= 0.3 is 0 Å². The van der Waals surface area contributed by atoms with E-state index in [1.807, 2.05) is 25.2 Å². The second-order valence-electron chi connectivity index (χ2n) is 7.05. The molecule has 0 N–H and O–H groups in total. The van der Waals surface area contributed by atoms with E-state index < -0.39 is 0 Å². The molecule has 26 heavy (non-hydrogen) atoms. The summed E-state index contributed by atoms with van der Waals surface area (Å²) in [4.78, 5) is 15.9. The number of piperazine rings is 1. The SMILES string of the molecule is CN(c1ccccc1)c1cc(N2CCN(CC3CCCO3)CC2)ncn1. The maximum Gasteiger partial charge on any atom is 0.138 e. The molecule has 0 spiro atoms. The van der Waals surface area contributed by atoms with Crippen LogP contribution in [0.2, 0.25) is 0 Å². The Morgan fingerprint density at radius 2 is 1.92 bits per heavy atom. The standard InChI is InChI=1S/C20H27N5O/c1-23(17-6-3-2-4-7-17)19-14-20(22-16-21-19)25-11-9-24(10-12-25)15-18-8-5-13-26-18/h2-4,6-7,14,16,18H,5,8-13,15H2,1H3. The normalized spacial score (nSPS) is 21.1. The lowest BCUT2D eigenvalue weighted by atomic mass is 10.2. The molecule has 4 rings (SSSR count). The highest BCUT2D eigenvalue weighted by atomic mass is 16.5. The van der Waals surface area contributed by atoms with Gasteiger partial charge in [-0.25, -0.2) is 9.97 Å². The number of hydrogen-bond acceptors (Lipinski definition) is 6. The molecule has 1 unspecified atom stereocenters. The lowest BCUT2D eigenvalue weighted by Crippen LogP contribution is -2.48. The van der Waals surface area contributed by atoms with Gasteiger partial charge in [-0.2, -0.15) is 0 Å². The molecule has 6 nitrogen and oxygen atoms in total. The van der Waals surface area contributed by atoms with E-state index >= 15 is 0 Å². The summed E-state index contributed by atoms with van der Waals surface area (Å²) in [6, 6.07) is 12.4. The van der Waals surface area contributed by atoms with Crippen molar-refractivity contribution in [2.45, 2.75) is 18.9 Å².